The monoisotopic (exact) mass is 275 g/mol. The molecule has 0 aliphatic carbocycles. The number of nitrogens with one attached hydrogen (secondary N) is 1. The lowest BCUT2D eigenvalue weighted by Crippen LogP contribution is -2.14. The van der Waals surface area contributed by atoms with E-state index in [2.05, 4.69) is 42.1 Å². The Bertz CT molecular complexity index is 553. The van der Waals surface area contributed by atoms with Crippen LogP contribution in [-0.4, -0.2) is 26.1 Å². The summed E-state index contributed by atoms with van der Waals surface area (Å²) in [5.74, 6) is 0. The van der Waals surface area contributed by atoms with Gasteiger partial charge in [-0.05, 0) is 19.4 Å². The molecule has 0 bridgehead atoms. The normalized spacial score (nSPS) is 11.2. The highest BCUT2D eigenvalue weighted by atomic mass is 15.3. The van der Waals surface area contributed by atoms with Crippen molar-refractivity contribution in [2.45, 2.75) is 46.7 Å². The maximum Gasteiger partial charge on any atom is 0.0693 e. The SMILES string of the molecule is CCNCc1c(CC)nn(Cc2cnn(C)c2)c1CC. The van der Waals surface area contributed by atoms with E-state index in [-0.39, 0.29) is 0 Å². The molecule has 2 aromatic rings. The van der Waals surface area contributed by atoms with E-state index in [1.165, 1.54) is 22.5 Å². The Balaban J connectivity index is 2.29. The molecule has 0 amide bonds. The third-order valence-electron chi connectivity index (χ3n) is 3.56. The highest BCUT2D eigenvalue weighted by Gasteiger charge is 2.15. The fourth-order valence-corrected chi connectivity index (χ4v) is 2.58. The van der Waals surface area contributed by atoms with E-state index < -0.39 is 0 Å². The Morgan fingerprint density at radius 1 is 1.20 bits per heavy atom. The van der Waals surface area contributed by atoms with E-state index in [0.29, 0.717) is 0 Å². The molecule has 2 rings (SSSR count). The van der Waals surface area contributed by atoms with Crippen molar-refractivity contribution in [1.29, 1.82) is 0 Å². The Kier molecular flexibility index (Phi) is 4.95. The predicted molar refractivity (Wildman–Crippen MR) is 80.7 cm³/mol. The number of nitrogens with zero attached hydrogens (tertiary/aromatic N) is 4. The van der Waals surface area contributed by atoms with Crippen LogP contribution in [0.1, 0.15) is 43.3 Å². The molecule has 0 unspecified atom stereocenters. The van der Waals surface area contributed by atoms with Crippen molar-refractivity contribution in [2.24, 2.45) is 7.05 Å². The second-order valence-corrected chi connectivity index (χ2v) is 5.04. The molecular formula is C15H25N5. The molecule has 0 fully saturated rings. The van der Waals surface area contributed by atoms with Crippen LogP contribution in [0.15, 0.2) is 12.4 Å². The van der Waals surface area contributed by atoms with Crippen LogP contribution in [0.4, 0.5) is 0 Å². The van der Waals surface area contributed by atoms with Gasteiger partial charge in [0.2, 0.25) is 0 Å². The quantitative estimate of drug-likeness (QED) is 0.839. The second-order valence-electron chi connectivity index (χ2n) is 5.04. The standard InChI is InChI=1S/C15H25N5/c1-5-14-13(9-16-7-3)15(6-2)20(18-14)11-12-8-17-19(4)10-12/h8,10,16H,5-7,9,11H2,1-4H3. The Morgan fingerprint density at radius 2 is 2.00 bits per heavy atom. The van der Waals surface area contributed by atoms with Gasteiger partial charge in [-0.2, -0.15) is 10.2 Å². The average Bonchev–Trinajstić information content (AvgIpc) is 3.00. The highest BCUT2D eigenvalue weighted by molar-refractivity contribution is 5.27. The number of aryl methyl sites for hydroxylation is 2. The summed E-state index contributed by atoms with van der Waals surface area (Å²) in [6, 6.07) is 0. The molecule has 0 atom stereocenters. The summed E-state index contributed by atoms with van der Waals surface area (Å²) in [4.78, 5) is 0. The molecule has 0 saturated heterocycles. The summed E-state index contributed by atoms with van der Waals surface area (Å²) in [7, 11) is 1.95. The van der Waals surface area contributed by atoms with Crippen LogP contribution in [0.25, 0.3) is 0 Å². The molecule has 110 valence electrons. The van der Waals surface area contributed by atoms with Gasteiger partial charge in [0.15, 0.2) is 0 Å². The lowest BCUT2D eigenvalue weighted by Gasteiger charge is -2.07. The van der Waals surface area contributed by atoms with Gasteiger partial charge in [0, 0.05) is 36.6 Å². The molecular weight excluding hydrogens is 250 g/mol. The summed E-state index contributed by atoms with van der Waals surface area (Å²) in [6.45, 7) is 9.21. The largest absolute Gasteiger partial charge is 0.313 e. The predicted octanol–water partition coefficient (Wildman–Crippen LogP) is 1.90. The van der Waals surface area contributed by atoms with Crippen molar-refractivity contribution in [3.05, 3.63) is 34.9 Å². The van der Waals surface area contributed by atoms with Crippen LogP contribution in [0.3, 0.4) is 0 Å². The maximum absolute atomic E-state index is 4.80. The number of hydrogen-bond acceptors (Lipinski definition) is 3. The number of rotatable bonds is 7. The summed E-state index contributed by atoms with van der Waals surface area (Å²) >= 11 is 0. The molecule has 2 heterocycles. The van der Waals surface area contributed by atoms with Crippen LogP contribution in [0.5, 0.6) is 0 Å². The van der Waals surface area contributed by atoms with Gasteiger partial charge in [-0.1, -0.05) is 20.8 Å². The van der Waals surface area contributed by atoms with Crippen LogP contribution in [0, 0.1) is 0 Å². The second kappa shape index (κ2) is 6.70. The van der Waals surface area contributed by atoms with Crippen LogP contribution >= 0.6 is 0 Å². The first-order chi connectivity index (χ1) is 9.69. The van der Waals surface area contributed by atoms with Gasteiger partial charge in [0.1, 0.15) is 0 Å². The van der Waals surface area contributed by atoms with E-state index in [9.17, 15) is 0 Å². The van der Waals surface area contributed by atoms with Crippen molar-refractivity contribution >= 4 is 0 Å². The molecule has 0 radical (unpaired) electrons. The zero-order chi connectivity index (χ0) is 14.5. The molecule has 5 nitrogen and oxygen atoms in total. The molecule has 2 aromatic heterocycles. The third kappa shape index (κ3) is 3.10. The highest BCUT2D eigenvalue weighted by Crippen LogP contribution is 2.17. The van der Waals surface area contributed by atoms with Gasteiger partial charge in [-0.15, -0.1) is 0 Å². The Hall–Kier alpha value is -1.62. The summed E-state index contributed by atoms with van der Waals surface area (Å²) in [5, 5.41) is 12.5. The maximum atomic E-state index is 4.80. The fraction of sp³-hybridized carbons (Fsp3) is 0.600. The lowest BCUT2D eigenvalue weighted by molar-refractivity contribution is 0.636. The minimum absolute atomic E-state index is 0.802. The smallest absolute Gasteiger partial charge is 0.0693 e. The van der Waals surface area contributed by atoms with Crippen molar-refractivity contribution in [1.82, 2.24) is 24.9 Å². The zero-order valence-corrected chi connectivity index (χ0v) is 13.0. The van der Waals surface area contributed by atoms with Gasteiger partial charge < -0.3 is 5.32 Å². The van der Waals surface area contributed by atoms with Crippen molar-refractivity contribution in [3.63, 3.8) is 0 Å². The molecule has 20 heavy (non-hydrogen) atoms. The van der Waals surface area contributed by atoms with Crippen molar-refractivity contribution < 1.29 is 0 Å². The van der Waals surface area contributed by atoms with Crippen molar-refractivity contribution in [2.75, 3.05) is 6.54 Å². The zero-order valence-electron chi connectivity index (χ0n) is 13.0. The van der Waals surface area contributed by atoms with Gasteiger partial charge in [-0.3, -0.25) is 9.36 Å². The minimum Gasteiger partial charge on any atom is -0.313 e. The molecule has 0 saturated carbocycles. The van der Waals surface area contributed by atoms with Gasteiger partial charge in [0.25, 0.3) is 0 Å². The first-order valence-corrected chi connectivity index (χ1v) is 7.45. The van der Waals surface area contributed by atoms with Crippen LogP contribution < -0.4 is 5.32 Å². The molecule has 0 aliphatic rings. The van der Waals surface area contributed by atoms with E-state index in [1.54, 1.807) is 0 Å². The van der Waals surface area contributed by atoms with E-state index in [0.717, 1.165) is 32.5 Å². The Labute approximate surface area is 121 Å². The first kappa shape index (κ1) is 14.8. The van der Waals surface area contributed by atoms with Crippen molar-refractivity contribution in [3.8, 4) is 0 Å². The van der Waals surface area contributed by atoms with Gasteiger partial charge >= 0.3 is 0 Å². The van der Waals surface area contributed by atoms with Gasteiger partial charge in [-0.25, -0.2) is 0 Å². The number of aromatic nitrogens is 4. The molecule has 1 N–H and O–H groups in total. The van der Waals surface area contributed by atoms with Crippen LogP contribution in [-0.2, 0) is 33.0 Å². The molecule has 0 aromatic carbocycles. The fourth-order valence-electron chi connectivity index (χ4n) is 2.58. The molecule has 0 aliphatic heterocycles. The van der Waals surface area contributed by atoms with E-state index in [1.807, 2.05) is 17.9 Å². The average molecular weight is 275 g/mol. The van der Waals surface area contributed by atoms with Crippen LogP contribution in [0.2, 0.25) is 0 Å². The first-order valence-electron chi connectivity index (χ1n) is 7.45. The van der Waals surface area contributed by atoms with Gasteiger partial charge in [0.05, 0.1) is 18.4 Å². The van der Waals surface area contributed by atoms with E-state index in [4.69, 9.17) is 5.10 Å². The topological polar surface area (TPSA) is 47.7 Å². The summed E-state index contributed by atoms with van der Waals surface area (Å²) in [5.41, 5.74) is 5.13. The number of hydrogen-bond donors (Lipinski definition) is 1. The van der Waals surface area contributed by atoms with E-state index >= 15 is 0 Å². The lowest BCUT2D eigenvalue weighted by atomic mass is 10.1. The summed E-state index contributed by atoms with van der Waals surface area (Å²) in [6.07, 6.45) is 5.95. The third-order valence-corrected chi connectivity index (χ3v) is 3.56. The molecule has 5 heteroatoms. The minimum atomic E-state index is 0.802. The molecule has 0 spiro atoms. The summed E-state index contributed by atoms with van der Waals surface area (Å²) < 4.78 is 3.98. The Morgan fingerprint density at radius 3 is 2.55 bits per heavy atom.